The SMILES string of the molecule is CCCCC(C(=O)Nc1ccccc1C(N)=O)N1CCN(C(=O)c2ccc(OC)c(OC)c2)CC1. The van der Waals surface area contributed by atoms with Crippen LogP contribution in [0.4, 0.5) is 5.69 Å². The molecule has 1 heterocycles. The zero-order chi connectivity index (χ0) is 25.4. The van der Waals surface area contributed by atoms with Gasteiger partial charge in [-0.25, -0.2) is 0 Å². The Labute approximate surface area is 206 Å². The number of para-hydroxylation sites is 1. The number of amides is 3. The molecule has 0 saturated carbocycles. The van der Waals surface area contributed by atoms with E-state index < -0.39 is 5.91 Å². The van der Waals surface area contributed by atoms with Gasteiger partial charge < -0.3 is 25.4 Å². The molecule has 2 aromatic carbocycles. The number of methoxy groups -OCH3 is 2. The van der Waals surface area contributed by atoms with Crippen LogP contribution in [0, 0.1) is 0 Å². The van der Waals surface area contributed by atoms with Crippen molar-refractivity contribution in [3.05, 3.63) is 53.6 Å². The van der Waals surface area contributed by atoms with Crippen LogP contribution in [-0.2, 0) is 4.79 Å². The fraction of sp³-hybridized carbons (Fsp3) is 0.423. The van der Waals surface area contributed by atoms with E-state index in [0.717, 1.165) is 12.8 Å². The number of unbranched alkanes of at least 4 members (excludes halogenated alkanes) is 1. The first kappa shape index (κ1) is 26.0. The molecule has 1 atom stereocenters. The van der Waals surface area contributed by atoms with Crippen molar-refractivity contribution < 1.29 is 23.9 Å². The van der Waals surface area contributed by atoms with E-state index >= 15 is 0 Å². The fourth-order valence-corrected chi connectivity index (χ4v) is 4.29. The highest BCUT2D eigenvalue weighted by Crippen LogP contribution is 2.28. The van der Waals surface area contributed by atoms with E-state index in [2.05, 4.69) is 17.1 Å². The molecule has 1 aliphatic heterocycles. The Hall–Kier alpha value is -3.59. The summed E-state index contributed by atoms with van der Waals surface area (Å²) >= 11 is 0. The van der Waals surface area contributed by atoms with Crippen LogP contribution in [0.2, 0.25) is 0 Å². The largest absolute Gasteiger partial charge is 0.493 e. The Morgan fingerprint density at radius 3 is 2.31 bits per heavy atom. The van der Waals surface area contributed by atoms with Crippen molar-refractivity contribution in [2.75, 3.05) is 45.7 Å². The molecule has 0 aliphatic carbocycles. The molecule has 3 amide bonds. The summed E-state index contributed by atoms with van der Waals surface area (Å²) in [7, 11) is 3.09. The summed E-state index contributed by atoms with van der Waals surface area (Å²) in [4.78, 5) is 42.0. The van der Waals surface area contributed by atoms with Crippen LogP contribution in [0.1, 0.15) is 46.9 Å². The molecule has 35 heavy (non-hydrogen) atoms. The number of hydrogen-bond donors (Lipinski definition) is 2. The second kappa shape index (κ2) is 12.2. The lowest BCUT2D eigenvalue weighted by Crippen LogP contribution is -2.55. The van der Waals surface area contributed by atoms with Gasteiger partial charge in [-0.1, -0.05) is 31.9 Å². The van der Waals surface area contributed by atoms with E-state index in [4.69, 9.17) is 15.2 Å². The maximum absolute atomic E-state index is 13.2. The fourth-order valence-electron chi connectivity index (χ4n) is 4.29. The monoisotopic (exact) mass is 482 g/mol. The van der Waals surface area contributed by atoms with Crippen LogP contribution in [-0.4, -0.2) is 74.0 Å². The molecule has 3 rings (SSSR count). The van der Waals surface area contributed by atoms with Crippen molar-refractivity contribution in [1.82, 2.24) is 9.80 Å². The third-order valence-corrected chi connectivity index (χ3v) is 6.26. The summed E-state index contributed by atoms with van der Waals surface area (Å²) in [5.74, 6) is 0.219. The highest BCUT2D eigenvalue weighted by atomic mass is 16.5. The lowest BCUT2D eigenvalue weighted by Gasteiger charge is -2.38. The number of rotatable bonds is 10. The van der Waals surface area contributed by atoms with Crippen molar-refractivity contribution >= 4 is 23.4 Å². The average Bonchev–Trinajstić information content (AvgIpc) is 2.88. The molecule has 9 heteroatoms. The summed E-state index contributed by atoms with van der Waals surface area (Å²) in [5.41, 5.74) is 6.68. The van der Waals surface area contributed by atoms with Crippen LogP contribution in [0.25, 0.3) is 0 Å². The van der Waals surface area contributed by atoms with Gasteiger partial charge in [-0.15, -0.1) is 0 Å². The summed E-state index contributed by atoms with van der Waals surface area (Å²) < 4.78 is 10.6. The quantitative estimate of drug-likeness (QED) is 0.538. The first-order chi connectivity index (χ1) is 16.9. The Morgan fingerprint density at radius 2 is 1.69 bits per heavy atom. The Morgan fingerprint density at radius 1 is 1.00 bits per heavy atom. The maximum Gasteiger partial charge on any atom is 0.254 e. The molecule has 1 aliphatic rings. The van der Waals surface area contributed by atoms with Crippen LogP contribution in [0.3, 0.4) is 0 Å². The summed E-state index contributed by atoms with van der Waals surface area (Å²) in [5, 5.41) is 2.89. The van der Waals surface area contributed by atoms with Gasteiger partial charge in [-0.05, 0) is 36.8 Å². The molecular weight excluding hydrogens is 448 g/mol. The second-order valence-corrected chi connectivity index (χ2v) is 8.46. The molecule has 1 saturated heterocycles. The molecule has 2 aromatic rings. The van der Waals surface area contributed by atoms with Crippen molar-refractivity contribution in [3.8, 4) is 11.5 Å². The number of anilines is 1. The number of benzene rings is 2. The van der Waals surface area contributed by atoms with Crippen molar-refractivity contribution in [2.45, 2.75) is 32.2 Å². The number of hydrogen-bond acceptors (Lipinski definition) is 6. The van der Waals surface area contributed by atoms with Gasteiger partial charge in [-0.2, -0.15) is 0 Å². The third kappa shape index (κ3) is 6.30. The van der Waals surface area contributed by atoms with Crippen molar-refractivity contribution in [3.63, 3.8) is 0 Å². The van der Waals surface area contributed by atoms with Gasteiger partial charge >= 0.3 is 0 Å². The maximum atomic E-state index is 13.2. The normalized spacial score (nSPS) is 14.8. The molecule has 9 nitrogen and oxygen atoms in total. The number of carbonyl (C=O) groups excluding carboxylic acids is 3. The minimum Gasteiger partial charge on any atom is -0.493 e. The highest BCUT2D eigenvalue weighted by molar-refractivity contribution is 6.04. The Bertz CT molecular complexity index is 1050. The molecule has 0 spiro atoms. The molecule has 3 N–H and O–H groups in total. The van der Waals surface area contributed by atoms with Crippen LogP contribution >= 0.6 is 0 Å². The molecule has 1 unspecified atom stereocenters. The van der Waals surface area contributed by atoms with Gasteiger partial charge in [0.25, 0.3) is 11.8 Å². The first-order valence-electron chi connectivity index (χ1n) is 11.8. The molecule has 188 valence electrons. The van der Waals surface area contributed by atoms with E-state index in [1.165, 1.54) is 7.11 Å². The topological polar surface area (TPSA) is 114 Å². The zero-order valence-corrected chi connectivity index (χ0v) is 20.6. The predicted molar refractivity (Wildman–Crippen MR) is 134 cm³/mol. The number of piperazine rings is 1. The number of nitrogens with one attached hydrogen (secondary N) is 1. The van der Waals surface area contributed by atoms with E-state index in [0.29, 0.717) is 55.3 Å². The smallest absolute Gasteiger partial charge is 0.254 e. The number of nitrogens with two attached hydrogens (primary N) is 1. The third-order valence-electron chi connectivity index (χ3n) is 6.26. The zero-order valence-electron chi connectivity index (χ0n) is 20.6. The number of carbonyl (C=O) groups is 3. The van der Waals surface area contributed by atoms with Gasteiger partial charge in [0.1, 0.15) is 0 Å². The first-order valence-corrected chi connectivity index (χ1v) is 11.8. The number of nitrogens with zero attached hydrogens (tertiary/aromatic N) is 2. The van der Waals surface area contributed by atoms with Gasteiger partial charge in [0, 0.05) is 31.7 Å². The van der Waals surface area contributed by atoms with E-state index in [1.54, 1.807) is 54.5 Å². The summed E-state index contributed by atoms with van der Waals surface area (Å²) in [6.07, 6.45) is 2.53. The minimum absolute atomic E-state index is 0.0875. The lowest BCUT2D eigenvalue weighted by atomic mass is 10.0. The summed E-state index contributed by atoms with van der Waals surface area (Å²) in [6.45, 7) is 4.22. The number of ether oxygens (including phenoxy) is 2. The van der Waals surface area contributed by atoms with Gasteiger partial charge in [-0.3, -0.25) is 19.3 Å². The van der Waals surface area contributed by atoms with E-state index in [9.17, 15) is 14.4 Å². The lowest BCUT2D eigenvalue weighted by molar-refractivity contribution is -0.122. The average molecular weight is 483 g/mol. The van der Waals surface area contributed by atoms with Gasteiger partial charge in [0.2, 0.25) is 5.91 Å². The van der Waals surface area contributed by atoms with Gasteiger partial charge in [0.05, 0.1) is 31.5 Å². The Balaban J connectivity index is 1.68. The minimum atomic E-state index is -0.590. The molecule has 0 radical (unpaired) electrons. The van der Waals surface area contributed by atoms with Crippen LogP contribution < -0.4 is 20.5 Å². The molecule has 1 fully saturated rings. The van der Waals surface area contributed by atoms with E-state index in [1.807, 2.05) is 0 Å². The highest BCUT2D eigenvalue weighted by Gasteiger charge is 2.31. The second-order valence-electron chi connectivity index (χ2n) is 8.46. The van der Waals surface area contributed by atoms with Crippen LogP contribution in [0.15, 0.2) is 42.5 Å². The predicted octanol–water partition coefficient (Wildman–Crippen LogP) is 2.76. The van der Waals surface area contributed by atoms with Crippen LogP contribution in [0.5, 0.6) is 11.5 Å². The molecular formula is C26H34N4O5. The van der Waals surface area contributed by atoms with Gasteiger partial charge in [0.15, 0.2) is 11.5 Å². The molecule has 0 bridgehead atoms. The van der Waals surface area contributed by atoms with E-state index in [-0.39, 0.29) is 23.4 Å². The Kier molecular flexibility index (Phi) is 9.08. The summed E-state index contributed by atoms with van der Waals surface area (Å²) in [6, 6.07) is 11.5. The van der Waals surface area contributed by atoms with Crippen molar-refractivity contribution in [2.24, 2.45) is 5.73 Å². The molecule has 0 aromatic heterocycles. The standard InChI is InChI=1S/C26H34N4O5/c1-4-5-10-21(25(32)28-20-9-7-6-8-19(20)24(27)31)29-13-15-30(16-14-29)26(33)18-11-12-22(34-2)23(17-18)35-3/h6-9,11-12,17,21H,4-5,10,13-16H2,1-3H3,(H2,27,31)(H,28,32). The number of primary amides is 1. The van der Waals surface area contributed by atoms with Crippen molar-refractivity contribution in [1.29, 1.82) is 0 Å².